The van der Waals surface area contributed by atoms with Crippen molar-refractivity contribution in [3.05, 3.63) is 0 Å². The summed E-state index contributed by atoms with van der Waals surface area (Å²) >= 11 is 0. The summed E-state index contributed by atoms with van der Waals surface area (Å²) in [6.45, 7) is 4.94. The summed E-state index contributed by atoms with van der Waals surface area (Å²) in [6, 6.07) is -3.91. The lowest BCUT2D eigenvalue weighted by atomic mass is 10.0. The van der Waals surface area contributed by atoms with Crippen LogP contribution in [0.25, 0.3) is 0 Å². The molecule has 38 heavy (non-hydrogen) atoms. The molecule has 0 saturated heterocycles. The molecule has 0 aliphatic rings. The number of nitrogens with zero attached hydrogens (tertiary/aromatic N) is 1. The Kier molecular flexibility index (Phi) is 18.5. The highest BCUT2D eigenvalue weighted by atomic mass is 16.4. The van der Waals surface area contributed by atoms with Crippen molar-refractivity contribution in [3.8, 4) is 0 Å². The Hall–Kier alpha value is -2.97. The number of carbonyl (C=O) groups is 4. The molecule has 14 nitrogen and oxygen atoms in total. The van der Waals surface area contributed by atoms with Gasteiger partial charge in [0.1, 0.15) is 18.1 Å². The number of aliphatic imine (C=N–C) groups is 1. The molecule has 14 heteroatoms. The van der Waals surface area contributed by atoms with Crippen molar-refractivity contribution in [3.63, 3.8) is 0 Å². The number of amides is 3. The van der Waals surface area contributed by atoms with E-state index in [4.69, 9.17) is 28.7 Å². The minimum atomic E-state index is -1.17. The van der Waals surface area contributed by atoms with Crippen LogP contribution < -0.4 is 44.6 Å². The van der Waals surface area contributed by atoms with Crippen LogP contribution in [-0.2, 0) is 19.2 Å². The molecule has 0 aromatic rings. The lowest BCUT2D eigenvalue weighted by Crippen LogP contribution is -2.57. The van der Waals surface area contributed by atoms with Crippen molar-refractivity contribution in [2.45, 2.75) is 95.8 Å². The summed E-state index contributed by atoms with van der Waals surface area (Å²) in [7, 11) is 0. The van der Waals surface area contributed by atoms with Crippen molar-refractivity contribution >= 4 is 29.7 Å². The molecule has 3 amide bonds. The molecular weight excluding hydrogens is 494 g/mol. The summed E-state index contributed by atoms with van der Waals surface area (Å²) in [5, 5.41) is 17.4. The Morgan fingerprint density at radius 1 is 0.737 bits per heavy atom. The number of carbonyl (C=O) groups excluding carboxylic acids is 3. The van der Waals surface area contributed by atoms with Gasteiger partial charge in [0.2, 0.25) is 17.7 Å². The van der Waals surface area contributed by atoms with Crippen molar-refractivity contribution in [2.24, 2.45) is 39.6 Å². The van der Waals surface area contributed by atoms with Gasteiger partial charge in [-0.2, -0.15) is 0 Å². The van der Waals surface area contributed by atoms with Gasteiger partial charge in [-0.3, -0.25) is 19.4 Å². The van der Waals surface area contributed by atoms with Crippen LogP contribution in [0.4, 0.5) is 0 Å². The lowest BCUT2D eigenvalue weighted by Gasteiger charge is -2.26. The van der Waals surface area contributed by atoms with Crippen LogP contribution in [0, 0.1) is 5.92 Å². The van der Waals surface area contributed by atoms with Crippen LogP contribution in [0.15, 0.2) is 4.99 Å². The third-order valence-electron chi connectivity index (χ3n) is 5.79. The van der Waals surface area contributed by atoms with Crippen LogP contribution in [0.1, 0.15) is 71.6 Å². The van der Waals surface area contributed by atoms with Gasteiger partial charge in [-0.25, -0.2) is 4.79 Å². The van der Waals surface area contributed by atoms with Gasteiger partial charge in [0.15, 0.2) is 5.96 Å². The number of unbranched alkanes of at least 4 members (excludes halogenated alkanes) is 2. The molecule has 0 spiro atoms. The summed E-state index contributed by atoms with van der Waals surface area (Å²) in [6.07, 6.45) is 3.91. The zero-order valence-electron chi connectivity index (χ0n) is 22.8. The summed E-state index contributed by atoms with van der Waals surface area (Å²) < 4.78 is 0. The average Bonchev–Trinajstić information content (AvgIpc) is 2.84. The van der Waals surface area contributed by atoms with Crippen LogP contribution >= 0.6 is 0 Å². The molecule has 0 heterocycles. The number of hydrogen-bond acceptors (Lipinski definition) is 8. The number of nitrogens with two attached hydrogens (primary N) is 5. The Balaban J connectivity index is 5.41. The second-order valence-corrected chi connectivity index (χ2v) is 9.78. The van der Waals surface area contributed by atoms with E-state index in [0.717, 1.165) is 0 Å². The predicted octanol–water partition coefficient (Wildman–Crippen LogP) is -1.79. The third kappa shape index (κ3) is 16.0. The summed E-state index contributed by atoms with van der Waals surface area (Å²) in [4.78, 5) is 54.4. The second-order valence-electron chi connectivity index (χ2n) is 9.78. The standard InChI is InChI=1S/C24H49N9O5/c1-15(2)14-19(33-20(34)16(27)8-7-13-30-24(28)29)22(36)31-17(9-3-5-11-25)21(35)32-18(23(37)38)10-4-6-12-26/h15-19H,3-14,25-27H2,1-2H3,(H,31,36)(H,32,35)(H,33,34)(H,37,38)(H4,28,29,30). The molecular formula is C24H49N9O5. The molecule has 14 N–H and O–H groups in total. The zero-order valence-corrected chi connectivity index (χ0v) is 22.8. The van der Waals surface area contributed by atoms with Crippen LogP contribution in [0.3, 0.4) is 0 Å². The second kappa shape index (κ2) is 20.1. The maximum atomic E-state index is 13.2. The zero-order chi connectivity index (χ0) is 29.1. The molecule has 4 atom stereocenters. The van der Waals surface area contributed by atoms with Crippen molar-refractivity contribution < 1.29 is 24.3 Å². The number of guanidine groups is 1. The highest BCUT2D eigenvalue weighted by Gasteiger charge is 2.30. The Bertz CT molecular complexity index is 760. The number of carboxylic acid groups (broad SMARTS) is 1. The fraction of sp³-hybridized carbons (Fsp3) is 0.792. The Morgan fingerprint density at radius 3 is 1.74 bits per heavy atom. The monoisotopic (exact) mass is 543 g/mol. The molecule has 0 saturated carbocycles. The van der Waals surface area contributed by atoms with Gasteiger partial charge >= 0.3 is 5.97 Å². The number of rotatable bonds is 21. The number of carboxylic acids is 1. The van der Waals surface area contributed by atoms with Crippen LogP contribution in [0.5, 0.6) is 0 Å². The van der Waals surface area contributed by atoms with Crippen molar-refractivity contribution in [1.29, 1.82) is 0 Å². The maximum absolute atomic E-state index is 13.2. The average molecular weight is 544 g/mol. The Labute approximate surface area is 225 Å². The first-order valence-corrected chi connectivity index (χ1v) is 13.3. The van der Waals surface area contributed by atoms with E-state index in [-0.39, 0.29) is 24.7 Å². The van der Waals surface area contributed by atoms with E-state index >= 15 is 0 Å². The fourth-order valence-corrected chi connectivity index (χ4v) is 3.69. The van der Waals surface area contributed by atoms with Gasteiger partial charge in [-0.15, -0.1) is 0 Å². The van der Waals surface area contributed by atoms with Gasteiger partial charge < -0.3 is 49.7 Å². The number of aliphatic carboxylic acids is 1. The lowest BCUT2D eigenvalue weighted by molar-refractivity contribution is -0.142. The molecule has 0 radical (unpaired) electrons. The molecule has 0 fully saturated rings. The maximum Gasteiger partial charge on any atom is 0.326 e. The summed E-state index contributed by atoms with van der Waals surface area (Å²) in [5.41, 5.74) is 27.6. The molecule has 0 aliphatic carbocycles. The molecule has 0 rings (SSSR count). The molecule has 0 aromatic heterocycles. The Morgan fingerprint density at radius 2 is 1.24 bits per heavy atom. The summed E-state index contributed by atoms with van der Waals surface area (Å²) in [5.74, 6) is -2.84. The van der Waals surface area contributed by atoms with Gasteiger partial charge in [-0.05, 0) is 76.8 Å². The van der Waals surface area contributed by atoms with E-state index in [0.29, 0.717) is 64.6 Å². The molecule has 0 bridgehead atoms. The van der Waals surface area contributed by atoms with E-state index in [1.165, 1.54) is 0 Å². The minimum Gasteiger partial charge on any atom is -0.480 e. The first kappa shape index (κ1) is 35.0. The van der Waals surface area contributed by atoms with Gasteiger partial charge in [0.25, 0.3) is 0 Å². The van der Waals surface area contributed by atoms with Crippen molar-refractivity contribution in [1.82, 2.24) is 16.0 Å². The van der Waals surface area contributed by atoms with E-state index in [2.05, 4.69) is 20.9 Å². The van der Waals surface area contributed by atoms with Crippen LogP contribution in [-0.4, -0.2) is 78.6 Å². The van der Waals surface area contributed by atoms with Crippen molar-refractivity contribution in [2.75, 3.05) is 19.6 Å². The highest BCUT2D eigenvalue weighted by molar-refractivity contribution is 5.94. The normalized spacial score (nSPS) is 14.2. The first-order valence-electron chi connectivity index (χ1n) is 13.3. The van der Waals surface area contributed by atoms with E-state index in [9.17, 15) is 24.3 Å². The van der Waals surface area contributed by atoms with Gasteiger partial charge in [-0.1, -0.05) is 13.8 Å². The first-order chi connectivity index (χ1) is 17.9. The molecule has 4 unspecified atom stereocenters. The van der Waals surface area contributed by atoms with Gasteiger partial charge in [0, 0.05) is 6.54 Å². The quantitative estimate of drug-likeness (QED) is 0.0445. The number of nitrogens with one attached hydrogen (secondary N) is 3. The smallest absolute Gasteiger partial charge is 0.326 e. The van der Waals surface area contributed by atoms with Gasteiger partial charge in [0.05, 0.1) is 6.04 Å². The van der Waals surface area contributed by atoms with E-state index in [1.54, 1.807) is 0 Å². The largest absolute Gasteiger partial charge is 0.480 e. The molecule has 0 aliphatic heterocycles. The fourth-order valence-electron chi connectivity index (χ4n) is 3.69. The minimum absolute atomic E-state index is 0.0487. The van der Waals surface area contributed by atoms with E-state index < -0.39 is 47.9 Å². The SMILES string of the molecule is CC(C)CC(NC(=O)C(N)CCCN=C(N)N)C(=O)NC(CCCCN)C(=O)NC(CCCCN)C(=O)O. The van der Waals surface area contributed by atoms with E-state index in [1.807, 2.05) is 13.8 Å². The third-order valence-corrected chi connectivity index (χ3v) is 5.79. The van der Waals surface area contributed by atoms with Crippen LogP contribution in [0.2, 0.25) is 0 Å². The topological polar surface area (TPSA) is 267 Å². The highest BCUT2D eigenvalue weighted by Crippen LogP contribution is 2.09. The predicted molar refractivity (Wildman–Crippen MR) is 147 cm³/mol. The molecule has 0 aromatic carbocycles. The molecule has 220 valence electrons. The number of hydrogen-bond donors (Lipinski definition) is 9.